The number of aromatic nitrogens is 4. The first-order valence-electron chi connectivity index (χ1n) is 6.87. The topological polar surface area (TPSA) is 72.8 Å². The number of hydrogen-bond donors (Lipinski definition) is 1. The molecule has 0 spiro atoms. The molecule has 0 saturated heterocycles. The Labute approximate surface area is 138 Å². The van der Waals surface area contributed by atoms with Crippen LogP contribution < -0.4 is 10.4 Å². The van der Waals surface area contributed by atoms with E-state index < -0.39 is 0 Å². The highest BCUT2D eigenvalue weighted by Crippen LogP contribution is 2.28. The van der Waals surface area contributed by atoms with E-state index in [0.29, 0.717) is 17.1 Å². The minimum absolute atomic E-state index is 0.263. The molecular weight excluding hydrogens is 360 g/mol. The molecular formula is C16H11BrN4O2. The van der Waals surface area contributed by atoms with Crippen molar-refractivity contribution in [2.45, 2.75) is 0 Å². The first kappa shape index (κ1) is 14.0. The largest absolute Gasteiger partial charge is 0.479 e. The van der Waals surface area contributed by atoms with Crippen LogP contribution in [0.3, 0.4) is 0 Å². The maximum atomic E-state index is 12.5. The van der Waals surface area contributed by atoms with Crippen molar-refractivity contribution in [3.8, 4) is 11.6 Å². The lowest BCUT2D eigenvalue weighted by atomic mass is 10.2. The first-order valence-corrected chi connectivity index (χ1v) is 7.66. The van der Waals surface area contributed by atoms with E-state index in [1.54, 1.807) is 29.1 Å². The van der Waals surface area contributed by atoms with Crippen molar-refractivity contribution in [3.63, 3.8) is 0 Å². The van der Waals surface area contributed by atoms with Gasteiger partial charge in [-0.3, -0.25) is 9.55 Å². The number of benzene rings is 1. The minimum Gasteiger partial charge on any atom is -0.479 e. The van der Waals surface area contributed by atoms with Crippen molar-refractivity contribution in [1.82, 2.24) is 19.5 Å². The molecule has 0 fully saturated rings. The molecule has 0 aliphatic rings. The number of rotatable bonds is 2. The molecule has 0 atom stereocenters. The van der Waals surface area contributed by atoms with Crippen molar-refractivity contribution < 1.29 is 4.74 Å². The third kappa shape index (κ3) is 2.12. The number of pyridine rings is 2. The zero-order valence-electron chi connectivity index (χ0n) is 12.1. The molecule has 3 heterocycles. The zero-order valence-corrected chi connectivity index (χ0v) is 13.7. The normalized spacial score (nSPS) is 11.2. The van der Waals surface area contributed by atoms with E-state index in [9.17, 15) is 4.79 Å². The van der Waals surface area contributed by atoms with Crippen LogP contribution in [0, 0.1) is 0 Å². The lowest BCUT2D eigenvalue weighted by Crippen LogP contribution is -2.15. The van der Waals surface area contributed by atoms with E-state index in [2.05, 4.69) is 30.9 Å². The quantitative estimate of drug-likeness (QED) is 0.588. The van der Waals surface area contributed by atoms with Crippen LogP contribution in [0.15, 0.2) is 52.0 Å². The van der Waals surface area contributed by atoms with Gasteiger partial charge in [0.05, 0.1) is 29.9 Å². The summed E-state index contributed by atoms with van der Waals surface area (Å²) >= 11 is 3.47. The second kappa shape index (κ2) is 5.20. The fourth-order valence-electron chi connectivity index (χ4n) is 2.70. The summed E-state index contributed by atoms with van der Waals surface area (Å²) in [5, 5.41) is 0.862. The predicted octanol–water partition coefficient (Wildman–Crippen LogP) is 3.03. The minimum atomic E-state index is -0.263. The first-order chi connectivity index (χ1) is 11.2. The molecule has 4 rings (SSSR count). The Bertz CT molecular complexity index is 1100. The Kier molecular flexibility index (Phi) is 3.16. The maximum absolute atomic E-state index is 12.5. The SMILES string of the molecule is COc1ncccc1-n1c(=O)[nH]c2cnc3ccc(Br)cc3c21. The Morgan fingerprint density at radius 3 is 2.96 bits per heavy atom. The zero-order chi connectivity index (χ0) is 16.0. The van der Waals surface area contributed by atoms with Crippen LogP contribution >= 0.6 is 15.9 Å². The van der Waals surface area contributed by atoms with Crippen LogP contribution in [0.4, 0.5) is 0 Å². The summed E-state index contributed by atoms with van der Waals surface area (Å²) in [5.74, 6) is 0.385. The molecule has 0 amide bonds. The second-order valence-corrected chi connectivity index (χ2v) is 5.89. The number of imidazole rings is 1. The van der Waals surface area contributed by atoms with Crippen LogP contribution in [0.5, 0.6) is 5.88 Å². The highest BCUT2D eigenvalue weighted by molar-refractivity contribution is 9.10. The summed E-state index contributed by atoms with van der Waals surface area (Å²) in [5.41, 5.74) is 2.52. The molecule has 3 aromatic heterocycles. The van der Waals surface area contributed by atoms with Gasteiger partial charge < -0.3 is 9.72 Å². The second-order valence-electron chi connectivity index (χ2n) is 4.98. The van der Waals surface area contributed by atoms with Crippen LogP contribution in [0.2, 0.25) is 0 Å². The number of hydrogen-bond acceptors (Lipinski definition) is 4. The van der Waals surface area contributed by atoms with Crippen molar-refractivity contribution in [1.29, 1.82) is 0 Å². The molecule has 6 nitrogen and oxygen atoms in total. The van der Waals surface area contributed by atoms with Crippen molar-refractivity contribution in [2.75, 3.05) is 7.11 Å². The highest BCUT2D eigenvalue weighted by Gasteiger charge is 2.16. The Morgan fingerprint density at radius 2 is 2.13 bits per heavy atom. The molecule has 114 valence electrons. The van der Waals surface area contributed by atoms with Crippen LogP contribution in [0.25, 0.3) is 27.6 Å². The van der Waals surface area contributed by atoms with E-state index in [-0.39, 0.29) is 5.69 Å². The van der Waals surface area contributed by atoms with Gasteiger partial charge in [0.15, 0.2) is 0 Å². The summed E-state index contributed by atoms with van der Waals surface area (Å²) < 4.78 is 7.78. The predicted molar refractivity (Wildman–Crippen MR) is 91.2 cm³/mol. The molecule has 4 aromatic rings. The van der Waals surface area contributed by atoms with Gasteiger partial charge in [-0.25, -0.2) is 9.78 Å². The van der Waals surface area contributed by atoms with Crippen molar-refractivity contribution in [3.05, 3.63) is 57.7 Å². The number of methoxy groups -OCH3 is 1. The molecule has 7 heteroatoms. The number of ether oxygens (including phenoxy) is 1. The van der Waals surface area contributed by atoms with E-state index in [4.69, 9.17) is 4.74 Å². The van der Waals surface area contributed by atoms with E-state index in [1.165, 1.54) is 7.11 Å². The van der Waals surface area contributed by atoms with Gasteiger partial charge in [0.25, 0.3) is 0 Å². The summed E-state index contributed by atoms with van der Waals surface area (Å²) in [7, 11) is 1.53. The fraction of sp³-hybridized carbons (Fsp3) is 0.0625. The smallest absolute Gasteiger partial charge is 0.331 e. The van der Waals surface area contributed by atoms with Gasteiger partial charge in [-0.1, -0.05) is 15.9 Å². The van der Waals surface area contributed by atoms with Gasteiger partial charge in [-0.2, -0.15) is 0 Å². The molecule has 1 aromatic carbocycles. The van der Waals surface area contributed by atoms with E-state index in [1.807, 2.05) is 18.2 Å². The fourth-order valence-corrected chi connectivity index (χ4v) is 3.06. The van der Waals surface area contributed by atoms with Gasteiger partial charge in [-0.05, 0) is 30.3 Å². The van der Waals surface area contributed by atoms with Gasteiger partial charge in [0.1, 0.15) is 5.69 Å². The van der Waals surface area contributed by atoms with Gasteiger partial charge in [0, 0.05) is 16.1 Å². The average Bonchev–Trinajstić information content (AvgIpc) is 2.91. The highest BCUT2D eigenvalue weighted by atomic mass is 79.9. The number of halogens is 1. The number of aromatic amines is 1. The third-order valence-corrected chi connectivity index (χ3v) is 4.15. The van der Waals surface area contributed by atoms with Gasteiger partial charge in [0.2, 0.25) is 5.88 Å². The summed E-state index contributed by atoms with van der Waals surface area (Å²) in [6, 6.07) is 9.33. The van der Waals surface area contributed by atoms with Gasteiger partial charge in [-0.15, -0.1) is 0 Å². The summed E-state index contributed by atoms with van der Waals surface area (Å²) in [6.45, 7) is 0. The van der Waals surface area contributed by atoms with E-state index in [0.717, 1.165) is 20.9 Å². The van der Waals surface area contributed by atoms with Crippen LogP contribution in [-0.2, 0) is 0 Å². The van der Waals surface area contributed by atoms with Gasteiger partial charge >= 0.3 is 5.69 Å². The standard InChI is InChI=1S/C16H11BrN4O2/c1-23-15-13(3-2-6-18-15)21-14-10-7-9(17)4-5-11(10)19-8-12(14)20-16(21)22/h2-8H,1H3,(H,20,22). The summed E-state index contributed by atoms with van der Waals surface area (Å²) in [6.07, 6.45) is 3.28. The molecule has 0 saturated carbocycles. The number of H-pyrrole nitrogens is 1. The molecule has 1 N–H and O–H groups in total. The monoisotopic (exact) mass is 370 g/mol. The summed E-state index contributed by atoms with van der Waals surface area (Å²) in [4.78, 5) is 23.9. The number of fused-ring (bicyclic) bond motifs is 3. The molecule has 0 aliphatic carbocycles. The molecule has 0 radical (unpaired) electrons. The lowest BCUT2D eigenvalue weighted by molar-refractivity contribution is 0.396. The number of nitrogens with zero attached hydrogens (tertiary/aromatic N) is 3. The van der Waals surface area contributed by atoms with Crippen molar-refractivity contribution in [2.24, 2.45) is 0 Å². The average molecular weight is 371 g/mol. The Morgan fingerprint density at radius 1 is 1.26 bits per heavy atom. The van der Waals surface area contributed by atoms with Crippen LogP contribution in [-0.4, -0.2) is 26.6 Å². The molecule has 23 heavy (non-hydrogen) atoms. The number of nitrogens with one attached hydrogen (secondary N) is 1. The van der Waals surface area contributed by atoms with E-state index >= 15 is 0 Å². The molecule has 0 bridgehead atoms. The van der Waals surface area contributed by atoms with Crippen molar-refractivity contribution >= 4 is 37.9 Å². The third-order valence-electron chi connectivity index (χ3n) is 3.66. The Hall–Kier alpha value is -2.67. The maximum Gasteiger partial charge on any atom is 0.331 e. The van der Waals surface area contributed by atoms with Crippen LogP contribution in [0.1, 0.15) is 0 Å². The Balaban J connectivity index is 2.20. The lowest BCUT2D eigenvalue weighted by Gasteiger charge is -2.09. The molecule has 0 aliphatic heterocycles. The molecule has 0 unspecified atom stereocenters.